The fourth-order valence-corrected chi connectivity index (χ4v) is 7.53. The summed E-state index contributed by atoms with van der Waals surface area (Å²) in [6.45, 7) is 7.19. The zero-order valence-electron chi connectivity index (χ0n) is 24.5. The van der Waals surface area contributed by atoms with Gasteiger partial charge in [-0.1, -0.05) is 18.2 Å². The lowest BCUT2D eigenvalue weighted by atomic mass is 9.70. The van der Waals surface area contributed by atoms with Crippen LogP contribution in [0.2, 0.25) is 0 Å². The maximum absolute atomic E-state index is 13.9. The van der Waals surface area contributed by atoms with Crippen LogP contribution in [0.25, 0.3) is 5.65 Å². The smallest absolute Gasteiger partial charge is 0.310 e. The van der Waals surface area contributed by atoms with Crippen molar-refractivity contribution in [1.82, 2.24) is 23.9 Å². The van der Waals surface area contributed by atoms with Crippen molar-refractivity contribution < 1.29 is 36.6 Å². The number of pyridine rings is 2. The molecule has 0 saturated carbocycles. The third kappa shape index (κ3) is 4.81. The van der Waals surface area contributed by atoms with Crippen LogP contribution in [0.5, 0.6) is 5.88 Å². The molecule has 1 saturated heterocycles. The minimum atomic E-state index is -4.03. The van der Waals surface area contributed by atoms with Crippen molar-refractivity contribution in [3.63, 3.8) is 0 Å². The summed E-state index contributed by atoms with van der Waals surface area (Å²) < 4.78 is 68.9. The Balaban J connectivity index is 1.45. The predicted molar refractivity (Wildman–Crippen MR) is 153 cm³/mol. The second-order valence-corrected chi connectivity index (χ2v) is 13.9. The molecule has 1 aromatic carbocycles. The molecule has 11 nitrogen and oxygen atoms in total. The highest BCUT2D eigenvalue weighted by molar-refractivity contribution is 7.89. The summed E-state index contributed by atoms with van der Waals surface area (Å²) in [6.07, 6.45) is 0.0620. The Bertz CT molecular complexity index is 1890. The number of hydrogen-bond donors (Lipinski definition) is 1. The van der Waals surface area contributed by atoms with Crippen LogP contribution in [-0.4, -0.2) is 68.7 Å². The maximum atomic E-state index is 13.9. The molecule has 6 rings (SSSR count). The molecule has 1 fully saturated rings. The van der Waals surface area contributed by atoms with E-state index >= 15 is 0 Å². The largest absolute Gasteiger partial charge is 0.481 e. The van der Waals surface area contributed by atoms with Gasteiger partial charge in [0.25, 0.3) is 6.43 Å². The average Bonchev–Trinajstić information content (AvgIpc) is 3.36. The highest BCUT2D eigenvalue weighted by Gasteiger charge is 2.49. The normalized spacial score (nSPS) is 18.4. The van der Waals surface area contributed by atoms with Crippen LogP contribution >= 0.6 is 0 Å². The molecule has 5 heterocycles. The highest BCUT2D eigenvalue weighted by atomic mass is 32.2. The number of carboxylic acids is 1. The molecule has 2 aliphatic rings. The lowest BCUT2D eigenvalue weighted by Crippen LogP contribution is -2.60. The van der Waals surface area contributed by atoms with Crippen molar-refractivity contribution in [2.24, 2.45) is 5.41 Å². The molecule has 0 radical (unpaired) electrons. The predicted octanol–water partition coefficient (Wildman–Crippen LogP) is 4.27. The molecule has 3 aromatic heterocycles. The van der Waals surface area contributed by atoms with Gasteiger partial charge in [0.2, 0.25) is 21.7 Å². The molecule has 1 atom stereocenters. The van der Waals surface area contributed by atoms with Gasteiger partial charge < -0.3 is 14.6 Å². The number of carboxylic acid groups (broad SMARTS) is 1. The number of rotatable bonds is 7. The number of carbonyl (C=O) groups is 1. The zero-order chi connectivity index (χ0) is 31.6. The fourth-order valence-electron chi connectivity index (χ4n) is 5.97. The van der Waals surface area contributed by atoms with E-state index in [1.54, 1.807) is 26.8 Å². The first kappa shape index (κ1) is 30.0. The summed E-state index contributed by atoms with van der Waals surface area (Å²) in [5.41, 5.74) is 1.14. The summed E-state index contributed by atoms with van der Waals surface area (Å²) in [5, 5.41) is 17.9. The Morgan fingerprint density at radius 1 is 1.16 bits per heavy atom. The number of sulfonamides is 1. The summed E-state index contributed by atoms with van der Waals surface area (Å²) in [6, 6.07) is 10.1. The van der Waals surface area contributed by atoms with Crippen LogP contribution in [0.1, 0.15) is 59.8 Å². The molecular weight excluding hydrogens is 596 g/mol. The average molecular weight is 628 g/mol. The topological polar surface area (TPSA) is 136 Å². The van der Waals surface area contributed by atoms with E-state index in [0.29, 0.717) is 22.3 Å². The highest BCUT2D eigenvalue weighted by Crippen LogP contribution is 2.44. The third-order valence-corrected chi connectivity index (χ3v) is 10.4. The Labute approximate surface area is 252 Å². The van der Waals surface area contributed by atoms with Crippen molar-refractivity contribution in [2.75, 3.05) is 19.8 Å². The number of aliphatic carboxylic acids is 1. The number of hydrogen-bond acceptors (Lipinski definition) is 8. The van der Waals surface area contributed by atoms with Crippen LogP contribution in [0, 0.1) is 19.3 Å². The van der Waals surface area contributed by atoms with Crippen molar-refractivity contribution in [2.45, 2.75) is 57.1 Å². The van der Waals surface area contributed by atoms with Gasteiger partial charge in [0, 0.05) is 24.9 Å². The van der Waals surface area contributed by atoms with Gasteiger partial charge in [0.1, 0.15) is 4.90 Å². The lowest BCUT2D eigenvalue weighted by molar-refractivity contribution is -0.166. The van der Waals surface area contributed by atoms with E-state index in [9.17, 15) is 27.1 Å². The summed E-state index contributed by atoms with van der Waals surface area (Å²) in [4.78, 5) is 16.8. The number of benzene rings is 1. The van der Waals surface area contributed by atoms with Crippen molar-refractivity contribution in [3.8, 4) is 5.88 Å². The molecule has 0 unspecified atom stereocenters. The third-order valence-electron chi connectivity index (χ3n) is 8.59. The minimum Gasteiger partial charge on any atom is -0.481 e. The Kier molecular flexibility index (Phi) is 7.21. The standard InChI is InChI=1S/C30H31F2N5O6S/c1-17-7-8-19(23(29(3,4)28(38)39)21-9-11-37-25(18(21)2)34-35-26(37)24(31)32)12-20(17)13-36-14-30(15-42-16-30)43-27-22(44(36,40)41)6-5-10-33-27/h5-12,23-24H,13-16H2,1-4H3,(H,38,39)/t23-/m0/s1. The number of nitrogens with zero attached hydrogens (tertiary/aromatic N) is 5. The molecule has 2 aliphatic heterocycles. The van der Waals surface area contributed by atoms with Gasteiger partial charge in [-0.3, -0.25) is 9.20 Å². The monoisotopic (exact) mass is 627 g/mol. The van der Waals surface area contributed by atoms with Crippen LogP contribution < -0.4 is 4.74 Å². The van der Waals surface area contributed by atoms with Crippen LogP contribution in [0.3, 0.4) is 0 Å². The Morgan fingerprint density at radius 2 is 1.91 bits per heavy atom. The van der Waals surface area contributed by atoms with Crippen molar-refractivity contribution in [3.05, 3.63) is 82.4 Å². The van der Waals surface area contributed by atoms with E-state index in [0.717, 1.165) is 5.56 Å². The molecule has 4 aromatic rings. The molecule has 44 heavy (non-hydrogen) atoms. The molecule has 14 heteroatoms. The Morgan fingerprint density at radius 3 is 2.57 bits per heavy atom. The molecule has 1 N–H and O–H groups in total. The van der Waals surface area contributed by atoms with Crippen LogP contribution in [0.15, 0.2) is 53.7 Å². The van der Waals surface area contributed by atoms with E-state index in [2.05, 4.69) is 15.2 Å². The maximum Gasteiger partial charge on any atom is 0.310 e. The lowest BCUT2D eigenvalue weighted by Gasteiger charge is -2.41. The summed E-state index contributed by atoms with van der Waals surface area (Å²) in [5.74, 6) is -2.30. The first-order valence-corrected chi connectivity index (χ1v) is 15.4. The Hall–Kier alpha value is -4.01. The van der Waals surface area contributed by atoms with Gasteiger partial charge in [0.15, 0.2) is 11.2 Å². The van der Waals surface area contributed by atoms with Gasteiger partial charge in [-0.15, -0.1) is 10.2 Å². The minimum absolute atomic E-state index is 0.0123. The number of halogens is 2. The van der Waals surface area contributed by atoms with E-state index < -0.39 is 45.2 Å². The summed E-state index contributed by atoms with van der Waals surface area (Å²) >= 11 is 0. The van der Waals surface area contributed by atoms with Gasteiger partial charge in [-0.25, -0.2) is 22.2 Å². The number of aryl methyl sites for hydroxylation is 2. The second kappa shape index (κ2) is 10.6. The van der Waals surface area contributed by atoms with Gasteiger partial charge in [-0.05, 0) is 73.7 Å². The van der Waals surface area contributed by atoms with Crippen molar-refractivity contribution in [1.29, 1.82) is 0 Å². The molecule has 1 spiro atoms. The molecule has 232 valence electrons. The SMILES string of the molecule is Cc1ccc([C@@H](c2ccn3c(C(F)F)nnc3c2C)C(C)(C)C(=O)O)cc1CN1CC2(COC2)Oc2ncccc2S1(=O)=O. The molecular formula is C30H31F2N5O6S. The first-order valence-electron chi connectivity index (χ1n) is 13.9. The quantitative estimate of drug-likeness (QED) is 0.319. The molecule has 0 bridgehead atoms. The molecule has 0 aliphatic carbocycles. The van der Waals surface area contributed by atoms with Gasteiger partial charge in [-0.2, -0.15) is 4.31 Å². The van der Waals surface area contributed by atoms with Crippen LogP contribution in [0.4, 0.5) is 8.78 Å². The van der Waals surface area contributed by atoms with Gasteiger partial charge in [0.05, 0.1) is 25.2 Å². The zero-order valence-corrected chi connectivity index (χ0v) is 25.3. The number of alkyl halides is 2. The van der Waals surface area contributed by atoms with E-state index in [-0.39, 0.29) is 42.7 Å². The molecule has 0 amide bonds. The number of fused-ring (bicyclic) bond motifs is 2. The van der Waals surface area contributed by atoms with Gasteiger partial charge >= 0.3 is 5.97 Å². The van der Waals surface area contributed by atoms with Crippen molar-refractivity contribution >= 4 is 21.6 Å². The van der Waals surface area contributed by atoms with E-state index in [1.807, 2.05) is 25.1 Å². The first-order chi connectivity index (χ1) is 20.7. The second-order valence-electron chi connectivity index (χ2n) is 12.0. The van der Waals surface area contributed by atoms with E-state index in [4.69, 9.17) is 9.47 Å². The fraction of sp³-hybridized carbons (Fsp3) is 0.400. The number of ether oxygens (including phenoxy) is 2. The van der Waals surface area contributed by atoms with Crippen LogP contribution in [-0.2, 0) is 26.1 Å². The number of aromatic nitrogens is 4. The van der Waals surface area contributed by atoms with E-state index in [1.165, 1.54) is 33.2 Å². The summed E-state index contributed by atoms with van der Waals surface area (Å²) in [7, 11) is -4.03.